The summed E-state index contributed by atoms with van der Waals surface area (Å²) in [5, 5.41) is 0. The second-order valence-electron chi connectivity index (χ2n) is 9.35. The molecule has 3 aliphatic heterocycles. The number of carbonyl (C=O) groups excluding carboxylic acids is 2. The molecule has 3 saturated heterocycles. The minimum absolute atomic E-state index is 0.161. The highest BCUT2D eigenvalue weighted by molar-refractivity contribution is 5.69. The molecule has 2 unspecified atom stereocenters. The van der Waals surface area contributed by atoms with Crippen molar-refractivity contribution in [1.82, 2.24) is 24.5 Å². The highest BCUT2D eigenvalue weighted by atomic mass is 16.6. The first kappa shape index (κ1) is 24.2. The lowest BCUT2D eigenvalue weighted by Crippen LogP contribution is -2.57. The van der Waals surface area contributed by atoms with Gasteiger partial charge in [-0.3, -0.25) is 19.5 Å². The molecule has 0 spiro atoms. The van der Waals surface area contributed by atoms with Crippen LogP contribution in [0.1, 0.15) is 33.1 Å². The van der Waals surface area contributed by atoms with Crippen LogP contribution in [0.5, 0.6) is 0 Å². The van der Waals surface area contributed by atoms with Crippen molar-refractivity contribution in [3.8, 4) is 0 Å². The molecule has 0 aliphatic carbocycles. The van der Waals surface area contributed by atoms with Gasteiger partial charge in [0.1, 0.15) is 0 Å². The van der Waals surface area contributed by atoms with Gasteiger partial charge in [-0.25, -0.2) is 4.79 Å². The molecule has 2 atom stereocenters. The van der Waals surface area contributed by atoms with Crippen LogP contribution in [-0.2, 0) is 14.3 Å². The number of hydrogen-bond acceptors (Lipinski definition) is 8. The SMILES string of the molecule is COC(=O)CCN1CCN(C2CN(C)C(=O)O2)C(CCCN2CCN(C(C)C)CC2)C1. The monoisotopic (exact) mass is 439 g/mol. The molecule has 3 aliphatic rings. The second kappa shape index (κ2) is 11.4. The summed E-state index contributed by atoms with van der Waals surface area (Å²) in [5.41, 5.74) is 0. The quantitative estimate of drug-likeness (QED) is 0.488. The van der Waals surface area contributed by atoms with Gasteiger partial charge in [0.2, 0.25) is 0 Å². The highest BCUT2D eigenvalue weighted by Gasteiger charge is 2.39. The van der Waals surface area contributed by atoms with Crippen molar-refractivity contribution < 1.29 is 19.1 Å². The molecule has 0 aromatic heterocycles. The smallest absolute Gasteiger partial charge is 0.411 e. The van der Waals surface area contributed by atoms with Gasteiger partial charge in [0.05, 0.1) is 20.1 Å². The fourth-order valence-corrected chi connectivity index (χ4v) is 4.90. The van der Waals surface area contributed by atoms with Crippen LogP contribution in [-0.4, -0.2) is 134 Å². The average Bonchev–Trinajstić information content (AvgIpc) is 3.10. The number of nitrogens with zero attached hydrogens (tertiary/aromatic N) is 5. The van der Waals surface area contributed by atoms with E-state index in [4.69, 9.17) is 9.47 Å². The van der Waals surface area contributed by atoms with Crippen LogP contribution in [0, 0.1) is 0 Å². The lowest BCUT2D eigenvalue weighted by Gasteiger charge is -2.43. The Morgan fingerprint density at radius 2 is 1.77 bits per heavy atom. The summed E-state index contributed by atoms with van der Waals surface area (Å²) in [4.78, 5) is 35.0. The topological polar surface area (TPSA) is 68.8 Å². The van der Waals surface area contributed by atoms with E-state index in [0.717, 1.165) is 71.7 Å². The fraction of sp³-hybridized carbons (Fsp3) is 0.909. The van der Waals surface area contributed by atoms with Crippen molar-refractivity contribution in [1.29, 1.82) is 0 Å². The van der Waals surface area contributed by atoms with E-state index in [1.54, 1.807) is 11.9 Å². The van der Waals surface area contributed by atoms with Crippen molar-refractivity contribution >= 4 is 12.1 Å². The summed E-state index contributed by atoms with van der Waals surface area (Å²) in [5.74, 6) is -0.161. The van der Waals surface area contributed by atoms with E-state index in [2.05, 4.69) is 33.4 Å². The Morgan fingerprint density at radius 1 is 1.06 bits per heavy atom. The van der Waals surface area contributed by atoms with E-state index >= 15 is 0 Å². The third-order valence-electron chi connectivity index (χ3n) is 6.97. The Morgan fingerprint density at radius 3 is 2.39 bits per heavy atom. The second-order valence-corrected chi connectivity index (χ2v) is 9.35. The Balaban J connectivity index is 1.50. The molecular formula is C22H41N5O4. The fourth-order valence-electron chi connectivity index (χ4n) is 4.90. The van der Waals surface area contributed by atoms with Gasteiger partial charge in [-0.05, 0) is 33.2 Å². The first-order valence-electron chi connectivity index (χ1n) is 11.8. The number of methoxy groups -OCH3 is 1. The Labute approximate surface area is 187 Å². The molecule has 0 radical (unpaired) electrons. The number of carbonyl (C=O) groups is 2. The molecule has 0 saturated carbocycles. The molecule has 3 rings (SSSR count). The minimum Gasteiger partial charge on any atom is -0.469 e. The lowest BCUT2D eigenvalue weighted by molar-refractivity contribution is -0.141. The Bertz CT molecular complexity index is 596. The highest BCUT2D eigenvalue weighted by Crippen LogP contribution is 2.23. The number of rotatable bonds is 9. The van der Waals surface area contributed by atoms with E-state index < -0.39 is 0 Å². The van der Waals surface area contributed by atoms with E-state index in [9.17, 15) is 9.59 Å². The van der Waals surface area contributed by atoms with Gasteiger partial charge in [0.25, 0.3) is 0 Å². The number of esters is 1. The van der Waals surface area contributed by atoms with Crippen molar-refractivity contribution in [2.75, 3.05) is 79.6 Å². The van der Waals surface area contributed by atoms with Crippen LogP contribution >= 0.6 is 0 Å². The van der Waals surface area contributed by atoms with E-state index in [1.165, 1.54) is 7.11 Å². The molecule has 9 nitrogen and oxygen atoms in total. The van der Waals surface area contributed by atoms with Crippen molar-refractivity contribution in [2.24, 2.45) is 0 Å². The molecule has 0 aromatic carbocycles. The molecule has 0 bridgehead atoms. The summed E-state index contributed by atoms with van der Waals surface area (Å²) < 4.78 is 10.4. The van der Waals surface area contributed by atoms with Gasteiger partial charge in [0.15, 0.2) is 6.23 Å². The third kappa shape index (κ3) is 6.78. The van der Waals surface area contributed by atoms with Crippen molar-refractivity contribution in [3.63, 3.8) is 0 Å². The predicted octanol–water partition coefficient (Wildman–Crippen LogP) is 0.750. The van der Waals surface area contributed by atoms with Crippen LogP contribution in [0.3, 0.4) is 0 Å². The zero-order valence-corrected chi connectivity index (χ0v) is 19.8. The largest absolute Gasteiger partial charge is 0.469 e. The molecule has 178 valence electrons. The zero-order chi connectivity index (χ0) is 22.4. The zero-order valence-electron chi connectivity index (χ0n) is 19.8. The van der Waals surface area contributed by atoms with Gasteiger partial charge in [-0.1, -0.05) is 0 Å². The van der Waals surface area contributed by atoms with Gasteiger partial charge >= 0.3 is 12.1 Å². The molecule has 3 fully saturated rings. The summed E-state index contributed by atoms with van der Waals surface area (Å²) in [6.07, 6.45) is 2.21. The standard InChI is InChI=1S/C22H41N5O4/c1-18(2)26-13-10-24(11-14-26)8-5-6-19-16-25(9-7-21(28)30-4)12-15-27(19)20-17-23(3)22(29)31-20/h18-20H,5-17H2,1-4H3. The number of piperazine rings is 2. The number of likely N-dealkylation sites (N-methyl/N-ethyl adjacent to an activating group) is 1. The summed E-state index contributed by atoms with van der Waals surface area (Å²) in [6, 6.07) is 0.953. The average molecular weight is 440 g/mol. The Kier molecular flexibility index (Phi) is 8.95. The number of ether oxygens (including phenoxy) is 2. The molecule has 0 aromatic rings. The molecule has 31 heavy (non-hydrogen) atoms. The normalized spacial score (nSPS) is 27.1. The van der Waals surface area contributed by atoms with Crippen LogP contribution in [0.25, 0.3) is 0 Å². The maximum atomic E-state index is 11.9. The van der Waals surface area contributed by atoms with E-state index in [-0.39, 0.29) is 18.3 Å². The van der Waals surface area contributed by atoms with E-state index in [0.29, 0.717) is 25.0 Å². The third-order valence-corrected chi connectivity index (χ3v) is 6.97. The maximum Gasteiger partial charge on any atom is 0.411 e. The van der Waals surface area contributed by atoms with Gasteiger partial charge in [-0.15, -0.1) is 0 Å². The first-order valence-corrected chi connectivity index (χ1v) is 11.8. The van der Waals surface area contributed by atoms with Crippen LogP contribution in [0.15, 0.2) is 0 Å². The summed E-state index contributed by atoms with van der Waals surface area (Å²) >= 11 is 0. The van der Waals surface area contributed by atoms with Crippen LogP contribution < -0.4 is 0 Å². The van der Waals surface area contributed by atoms with Crippen molar-refractivity contribution in [3.05, 3.63) is 0 Å². The minimum atomic E-state index is -0.236. The summed E-state index contributed by atoms with van der Waals surface area (Å²) in [6.45, 7) is 14.2. The predicted molar refractivity (Wildman–Crippen MR) is 119 cm³/mol. The lowest BCUT2D eigenvalue weighted by atomic mass is 10.0. The van der Waals surface area contributed by atoms with Gasteiger partial charge < -0.3 is 19.3 Å². The van der Waals surface area contributed by atoms with Gasteiger partial charge in [-0.2, -0.15) is 0 Å². The van der Waals surface area contributed by atoms with Crippen molar-refractivity contribution in [2.45, 2.75) is 51.4 Å². The van der Waals surface area contributed by atoms with Gasteiger partial charge in [0, 0.05) is 71.5 Å². The molecular weight excluding hydrogens is 398 g/mol. The van der Waals surface area contributed by atoms with E-state index in [1.807, 2.05) is 0 Å². The maximum absolute atomic E-state index is 11.9. The number of cyclic esters (lactones) is 1. The number of amides is 1. The summed E-state index contributed by atoms with van der Waals surface area (Å²) in [7, 11) is 3.23. The van der Waals surface area contributed by atoms with Crippen LogP contribution in [0.2, 0.25) is 0 Å². The molecule has 1 amide bonds. The first-order chi connectivity index (χ1) is 14.9. The van der Waals surface area contributed by atoms with Crippen LogP contribution in [0.4, 0.5) is 4.79 Å². The molecule has 9 heteroatoms. The molecule has 0 N–H and O–H groups in total. The number of hydrogen-bond donors (Lipinski definition) is 0. The Hall–Kier alpha value is -1.42. The molecule has 3 heterocycles.